The Kier molecular flexibility index (Phi) is 4.88. The molecule has 0 N–H and O–H groups in total. The summed E-state index contributed by atoms with van der Waals surface area (Å²) in [6, 6.07) is 17.2. The van der Waals surface area contributed by atoms with Crippen molar-refractivity contribution in [1.82, 2.24) is 0 Å². The Balaban J connectivity index is 1.55. The standard InChI is InChI=1S/C23H16ClFO3/c1-14-5-2-3-6-15(14)11-22-23(26)17-10-9-16(12-21(17)28-22)27-13-18-19(24)7-4-8-20(18)25/h2-12H,13H2,1H3. The average molecular weight is 395 g/mol. The van der Waals surface area contributed by atoms with Crippen LogP contribution in [0, 0.1) is 12.7 Å². The molecule has 1 aliphatic heterocycles. The van der Waals surface area contributed by atoms with E-state index in [1.165, 1.54) is 6.07 Å². The number of aryl methyl sites for hydroxylation is 1. The fourth-order valence-electron chi connectivity index (χ4n) is 2.97. The Labute approximate surface area is 167 Å². The first-order chi connectivity index (χ1) is 13.5. The van der Waals surface area contributed by atoms with Crippen molar-refractivity contribution in [3.63, 3.8) is 0 Å². The SMILES string of the molecule is Cc1ccccc1C=C1Oc2cc(OCc3c(F)cccc3Cl)ccc2C1=O. The molecule has 0 saturated carbocycles. The van der Waals surface area contributed by atoms with Crippen LogP contribution in [0.2, 0.25) is 5.02 Å². The summed E-state index contributed by atoms with van der Waals surface area (Å²) in [4.78, 5) is 12.6. The van der Waals surface area contributed by atoms with E-state index in [4.69, 9.17) is 21.1 Å². The van der Waals surface area contributed by atoms with E-state index >= 15 is 0 Å². The lowest BCUT2D eigenvalue weighted by Gasteiger charge is -2.09. The Morgan fingerprint density at radius 2 is 1.93 bits per heavy atom. The van der Waals surface area contributed by atoms with Crippen LogP contribution in [0.3, 0.4) is 0 Å². The third-order valence-electron chi connectivity index (χ3n) is 4.56. The largest absolute Gasteiger partial charge is 0.489 e. The summed E-state index contributed by atoms with van der Waals surface area (Å²) in [6.07, 6.45) is 1.73. The number of fused-ring (bicyclic) bond motifs is 1. The summed E-state index contributed by atoms with van der Waals surface area (Å²) < 4.78 is 25.3. The van der Waals surface area contributed by atoms with E-state index in [1.54, 1.807) is 36.4 Å². The minimum absolute atomic E-state index is 0.0237. The van der Waals surface area contributed by atoms with Gasteiger partial charge in [-0.15, -0.1) is 0 Å². The quantitative estimate of drug-likeness (QED) is 0.510. The summed E-state index contributed by atoms with van der Waals surface area (Å²) in [7, 11) is 0. The molecule has 0 spiro atoms. The molecule has 0 aromatic heterocycles. The van der Waals surface area contributed by atoms with Gasteiger partial charge in [0.25, 0.3) is 0 Å². The summed E-state index contributed by atoms with van der Waals surface area (Å²) in [5, 5.41) is 0.302. The minimum atomic E-state index is -0.427. The molecule has 0 atom stereocenters. The number of benzene rings is 3. The van der Waals surface area contributed by atoms with Gasteiger partial charge in [-0.2, -0.15) is 0 Å². The highest BCUT2D eigenvalue weighted by molar-refractivity contribution is 6.31. The Bertz CT molecular complexity index is 1080. The molecule has 3 aromatic carbocycles. The lowest BCUT2D eigenvalue weighted by atomic mass is 10.1. The molecule has 0 saturated heterocycles. The maximum absolute atomic E-state index is 13.9. The normalized spacial score (nSPS) is 14.1. The highest BCUT2D eigenvalue weighted by atomic mass is 35.5. The molecule has 0 bridgehead atoms. The van der Waals surface area contributed by atoms with E-state index in [0.29, 0.717) is 22.1 Å². The van der Waals surface area contributed by atoms with Crippen LogP contribution < -0.4 is 9.47 Å². The van der Waals surface area contributed by atoms with E-state index in [0.717, 1.165) is 11.1 Å². The van der Waals surface area contributed by atoms with Gasteiger partial charge in [0.15, 0.2) is 5.76 Å². The van der Waals surface area contributed by atoms with Gasteiger partial charge in [0.05, 0.1) is 10.6 Å². The molecule has 1 heterocycles. The van der Waals surface area contributed by atoms with Crippen molar-refractivity contribution in [3.05, 3.63) is 99.5 Å². The van der Waals surface area contributed by atoms with Crippen molar-refractivity contribution in [2.45, 2.75) is 13.5 Å². The third-order valence-corrected chi connectivity index (χ3v) is 4.92. The fraction of sp³-hybridized carbons (Fsp3) is 0.0870. The Hall–Kier alpha value is -3.11. The first-order valence-corrected chi connectivity index (χ1v) is 9.10. The van der Waals surface area contributed by atoms with Crippen LogP contribution in [0.4, 0.5) is 4.39 Å². The molecule has 0 radical (unpaired) electrons. The van der Waals surface area contributed by atoms with E-state index in [9.17, 15) is 9.18 Å². The van der Waals surface area contributed by atoms with Crippen LogP contribution in [-0.4, -0.2) is 5.78 Å². The molecule has 0 unspecified atom stereocenters. The minimum Gasteiger partial charge on any atom is -0.489 e. The number of ether oxygens (including phenoxy) is 2. The van der Waals surface area contributed by atoms with Crippen molar-refractivity contribution in [2.75, 3.05) is 0 Å². The second-order valence-corrected chi connectivity index (χ2v) is 6.85. The van der Waals surface area contributed by atoms with Gasteiger partial charge >= 0.3 is 0 Å². The zero-order valence-electron chi connectivity index (χ0n) is 15.0. The number of rotatable bonds is 4. The van der Waals surface area contributed by atoms with Gasteiger partial charge in [-0.05, 0) is 48.4 Å². The third kappa shape index (κ3) is 3.51. The second-order valence-electron chi connectivity index (χ2n) is 6.44. The Morgan fingerprint density at radius 1 is 1.11 bits per heavy atom. The monoisotopic (exact) mass is 394 g/mol. The van der Waals surface area contributed by atoms with Gasteiger partial charge in [-0.1, -0.05) is 41.9 Å². The molecule has 3 nitrogen and oxygen atoms in total. The van der Waals surface area contributed by atoms with Crippen LogP contribution in [0.5, 0.6) is 11.5 Å². The molecule has 5 heteroatoms. The highest BCUT2D eigenvalue weighted by Crippen LogP contribution is 2.35. The van der Waals surface area contributed by atoms with E-state index in [-0.39, 0.29) is 23.7 Å². The summed E-state index contributed by atoms with van der Waals surface area (Å²) in [5.41, 5.74) is 2.72. The van der Waals surface area contributed by atoms with E-state index < -0.39 is 5.82 Å². The molecule has 140 valence electrons. The second kappa shape index (κ2) is 7.49. The lowest BCUT2D eigenvalue weighted by molar-refractivity contribution is 0.101. The van der Waals surface area contributed by atoms with Gasteiger partial charge in [0.1, 0.15) is 23.9 Å². The summed E-state index contributed by atoms with van der Waals surface area (Å²) in [5.74, 6) is 0.536. The zero-order chi connectivity index (χ0) is 19.7. The molecular formula is C23H16ClFO3. The van der Waals surface area contributed by atoms with Gasteiger partial charge < -0.3 is 9.47 Å². The molecule has 4 rings (SSSR count). The van der Waals surface area contributed by atoms with Crippen LogP contribution in [-0.2, 0) is 6.61 Å². The predicted molar refractivity (Wildman–Crippen MR) is 106 cm³/mol. The number of halogens is 2. The summed E-state index contributed by atoms with van der Waals surface area (Å²) in [6.45, 7) is 1.95. The maximum atomic E-state index is 13.9. The number of ketones is 1. The molecule has 28 heavy (non-hydrogen) atoms. The number of hydrogen-bond donors (Lipinski definition) is 0. The molecule has 0 aliphatic carbocycles. The van der Waals surface area contributed by atoms with Crippen LogP contribution in [0.25, 0.3) is 6.08 Å². The van der Waals surface area contributed by atoms with Crippen LogP contribution in [0.15, 0.2) is 66.4 Å². The molecule has 1 aliphatic rings. The van der Waals surface area contributed by atoms with Gasteiger partial charge in [-0.3, -0.25) is 4.79 Å². The smallest absolute Gasteiger partial charge is 0.231 e. The predicted octanol–water partition coefficient (Wildman–Crippen LogP) is 5.98. The number of Topliss-reactive ketones (excluding diaryl/α,β-unsaturated/α-hetero) is 1. The topological polar surface area (TPSA) is 35.5 Å². The number of hydrogen-bond acceptors (Lipinski definition) is 3. The number of carbonyl (C=O) groups is 1. The first kappa shape index (κ1) is 18.3. The van der Waals surface area contributed by atoms with Crippen molar-refractivity contribution < 1.29 is 18.7 Å². The van der Waals surface area contributed by atoms with Gasteiger partial charge in [0, 0.05) is 11.6 Å². The van der Waals surface area contributed by atoms with Crippen molar-refractivity contribution in [1.29, 1.82) is 0 Å². The van der Waals surface area contributed by atoms with Gasteiger partial charge in [0.2, 0.25) is 5.78 Å². The molecular weight excluding hydrogens is 379 g/mol. The Morgan fingerprint density at radius 3 is 2.71 bits per heavy atom. The lowest BCUT2D eigenvalue weighted by Crippen LogP contribution is -1.99. The van der Waals surface area contributed by atoms with E-state index in [1.807, 2.05) is 31.2 Å². The average Bonchev–Trinajstić information content (AvgIpc) is 2.98. The highest BCUT2D eigenvalue weighted by Gasteiger charge is 2.28. The van der Waals surface area contributed by atoms with E-state index in [2.05, 4.69) is 0 Å². The van der Waals surface area contributed by atoms with Crippen molar-refractivity contribution in [3.8, 4) is 11.5 Å². The molecule has 3 aromatic rings. The van der Waals surface area contributed by atoms with Gasteiger partial charge in [-0.25, -0.2) is 4.39 Å². The van der Waals surface area contributed by atoms with Crippen LogP contribution in [0.1, 0.15) is 27.0 Å². The number of allylic oxidation sites excluding steroid dienone is 1. The maximum Gasteiger partial charge on any atom is 0.231 e. The van der Waals surface area contributed by atoms with Crippen molar-refractivity contribution in [2.24, 2.45) is 0 Å². The molecule has 0 amide bonds. The van der Waals surface area contributed by atoms with Crippen molar-refractivity contribution >= 4 is 23.5 Å². The summed E-state index contributed by atoms with van der Waals surface area (Å²) >= 11 is 6.02. The fourth-order valence-corrected chi connectivity index (χ4v) is 3.19. The molecule has 0 fully saturated rings. The first-order valence-electron chi connectivity index (χ1n) is 8.72. The number of carbonyl (C=O) groups excluding carboxylic acids is 1. The van der Waals surface area contributed by atoms with Crippen LogP contribution >= 0.6 is 11.6 Å². The zero-order valence-corrected chi connectivity index (χ0v) is 15.8.